The zero-order chi connectivity index (χ0) is 10.9. The van der Waals surface area contributed by atoms with E-state index in [2.05, 4.69) is 0 Å². The molecule has 4 nitrogen and oxygen atoms in total. The first kappa shape index (κ1) is 14.4. The van der Waals surface area contributed by atoms with E-state index in [1.54, 1.807) is 21.3 Å². The van der Waals surface area contributed by atoms with Gasteiger partial charge in [0.25, 0.3) is 0 Å². The second kappa shape index (κ2) is 8.69. The van der Waals surface area contributed by atoms with E-state index >= 15 is 0 Å². The maximum absolute atomic E-state index is 5.29. The van der Waals surface area contributed by atoms with Crippen LogP contribution in [-0.2, 0) is 17.5 Å². The van der Waals surface area contributed by atoms with E-state index in [-0.39, 0.29) is 0 Å². The van der Waals surface area contributed by atoms with Gasteiger partial charge in [-0.15, -0.1) is 0 Å². The lowest BCUT2D eigenvalue weighted by molar-refractivity contribution is 0.123. The van der Waals surface area contributed by atoms with Crippen molar-refractivity contribution in [3.63, 3.8) is 0 Å². The minimum absolute atomic E-state index is 0.742. The third-order valence-electron chi connectivity index (χ3n) is 1.84. The minimum Gasteiger partial charge on any atom is -0.377 e. The average Bonchev–Trinajstić information content (AvgIpc) is 2.24. The molecule has 0 heterocycles. The average molecular weight is 240 g/mol. The van der Waals surface area contributed by atoms with Crippen LogP contribution < -0.4 is 0 Å². The Labute approximate surface area is 91.8 Å². The summed E-state index contributed by atoms with van der Waals surface area (Å²) < 4.78 is 21.0. The molecular formula is C8H20O4SSi. The molecule has 0 aromatic carbocycles. The standard InChI is InChI=1S/C8H20O4SSi/c1-5-12-13-7-6-8-14(9-2,10-3)11-4/h5-8H2,1-4H3. The van der Waals surface area contributed by atoms with Crippen molar-refractivity contribution in [1.29, 1.82) is 0 Å². The second-order valence-corrected chi connectivity index (χ2v) is 6.60. The Balaban J connectivity index is 3.61. The Bertz CT molecular complexity index is 124. The molecule has 86 valence electrons. The summed E-state index contributed by atoms with van der Waals surface area (Å²) in [6.45, 7) is 2.72. The molecule has 0 spiro atoms. The van der Waals surface area contributed by atoms with Crippen LogP contribution in [0.25, 0.3) is 0 Å². The molecule has 0 aromatic heterocycles. The van der Waals surface area contributed by atoms with E-state index in [1.165, 1.54) is 12.0 Å². The van der Waals surface area contributed by atoms with E-state index in [9.17, 15) is 0 Å². The summed E-state index contributed by atoms with van der Waals surface area (Å²) in [5.74, 6) is 0.943. The molecule has 6 heteroatoms. The largest absolute Gasteiger partial charge is 0.500 e. The monoisotopic (exact) mass is 240 g/mol. The molecule has 0 rings (SSSR count). The summed E-state index contributed by atoms with van der Waals surface area (Å²) in [7, 11) is 2.56. The first-order valence-corrected chi connectivity index (χ1v) is 7.48. The van der Waals surface area contributed by atoms with Crippen molar-refractivity contribution in [2.75, 3.05) is 33.7 Å². The third-order valence-corrected chi connectivity index (χ3v) is 5.53. The van der Waals surface area contributed by atoms with Gasteiger partial charge in [0.1, 0.15) is 0 Å². The molecule has 0 fully saturated rings. The highest BCUT2D eigenvalue weighted by Gasteiger charge is 2.36. The van der Waals surface area contributed by atoms with Gasteiger partial charge in [0, 0.05) is 33.1 Å². The maximum atomic E-state index is 5.29. The van der Waals surface area contributed by atoms with Crippen molar-refractivity contribution in [3.8, 4) is 0 Å². The summed E-state index contributed by atoms with van der Waals surface area (Å²) in [6.07, 6.45) is 0.979. The van der Waals surface area contributed by atoms with Crippen LogP contribution in [0.15, 0.2) is 0 Å². The summed E-state index contributed by atoms with van der Waals surface area (Å²) in [5, 5.41) is 0. The Kier molecular flexibility index (Phi) is 8.95. The van der Waals surface area contributed by atoms with Crippen LogP contribution in [0.3, 0.4) is 0 Å². The molecule has 0 saturated carbocycles. The topological polar surface area (TPSA) is 36.9 Å². The Morgan fingerprint density at radius 1 is 1.07 bits per heavy atom. The molecule has 0 aliphatic rings. The molecule has 0 bridgehead atoms. The van der Waals surface area contributed by atoms with Gasteiger partial charge < -0.3 is 17.5 Å². The predicted octanol–water partition coefficient (Wildman–Crippen LogP) is 1.94. The third kappa shape index (κ3) is 5.33. The van der Waals surface area contributed by atoms with Gasteiger partial charge in [0.2, 0.25) is 0 Å². The fraction of sp³-hybridized carbons (Fsp3) is 1.00. The van der Waals surface area contributed by atoms with E-state index in [0.717, 1.165) is 24.8 Å². The SMILES string of the molecule is CCOSCCC[Si](OC)(OC)OC. The van der Waals surface area contributed by atoms with Crippen LogP contribution >= 0.6 is 12.0 Å². The first-order chi connectivity index (χ1) is 6.74. The van der Waals surface area contributed by atoms with Crippen LogP contribution in [0.4, 0.5) is 0 Å². The fourth-order valence-electron chi connectivity index (χ4n) is 1.05. The molecule has 0 amide bonds. The van der Waals surface area contributed by atoms with Crippen LogP contribution in [0.5, 0.6) is 0 Å². The fourth-order valence-corrected chi connectivity index (χ4v) is 3.57. The molecular weight excluding hydrogens is 220 g/mol. The smallest absolute Gasteiger partial charge is 0.377 e. The summed E-state index contributed by atoms with van der Waals surface area (Å²) >= 11 is 1.48. The predicted molar refractivity (Wildman–Crippen MR) is 60.3 cm³/mol. The molecule has 0 aliphatic carbocycles. The summed E-state index contributed by atoms with van der Waals surface area (Å²) in [6, 6.07) is 0.830. The lowest BCUT2D eigenvalue weighted by atomic mass is 10.6. The van der Waals surface area contributed by atoms with Crippen LogP contribution in [-0.4, -0.2) is 42.5 Å². The highest BCUT2D eigenvalue weighted by molar-refractivity contribution is 7.94. The van der Waals surface area contributed by atoms with Crippen LogP contribution in [0.2, 0.25) is 6.04 Å². The van der Waals surface area contributed by atoms with E-state index in [1.807, 2.05) is 6.92 Å². The van der Waals surface area contributed by atoms with Gasteiger partial charge in [0.05, 0.1) is 6.61 Å². The highest BCUT2D eigenvalue weighted by Crippen LogP contribution is 2.17. The normalized spacial score (nSPS) is 12.0. The van der Waals surface area contributed by atoms with Crippen molar-refractivity contribution in [2.24, 2.45) is 0 Å². The van der Waals surface area contributed by atoms with E-state index in [4.69, 9.17) is 17.5 Å². The summed E-state index contributed by atoms with van der Waals surface area (Å²) in [5.41, 5.74) is 0. The van der Waals surface area contributed by atoms with E-state index in [0.29, 0.717) is 0 Å². The maximum Gasteiger partial charge on any atom is 0.500 e. The zero-order valence-corrected chi connectivity index (χ0v) is 11.2. The van der Waals surface area contributed by atoms with Gasteiger partial charge in [-0.05, 0) is 25.4 Å². The van der Waals surface area contributed by atoms with Crippen molar-refractivity contribution in [1.82, 2.24) is 0 Å². The lowest BCUT2D eigenvalue weighted by Gasteiger charge is -2.23. The van der Waals surface area contributed by atoms with Crippen molar-refractivity contribution in [3.05, 3.63) is 0 Å². The second-order valence-electron chi connectivity index (χ2n) is 2.63. The molecule has 0 unspecified atom stereocenters. The number of rotatable bonds is 9. The van der Waals surface area contributed by atoms with E-state index < -0.39 is 8.80 Å². The molecule has 0 aromatic rings. The zero-order valence-electron chi connectivity index (χ0n) is 9.37. The van der Waals surface area contributed by atoms with Crippen LogP contribution in [0, 0.1) is 0 Å². The molecule has 0 radical (unpaired) electrons. The Morgan fingerprint density at radius 3 is 2.07 bits per heavy atom. The molecule has 0 N–H and O–H groups in total. The van der Waals surface area contributed by atoms with Gasteiger partial charge in [0.15, 0.2) is 0 Å². The first-order valence-electron chi connectivity index (χ1n) is 4.64. The van der Waals surface area contributed by atoms with Gasteiger partial charge in [-0.2, -0.15) is 0 Å². The number of hydrogen-bond donors (Lipinski definition) is 0. The molecule has 0 saturated heterocycles. The minimum atomic E-state index is -2.35. The lowest BCUT2D eigenvalue weighted by Crippen LogP contribution is -2.42. The van der Waals surface area contributed by atoms with Gasteiger partial charge in [-0.25, -0.2) is 0 Å². The van der Waals surface area contributed by atoms with Crippen molar-refractivity contribution < 1.29 is 17.5 Å². The van der Waals surface area contributed by atoms with Gasteiger partial charge in [-0.1, -0.05) is 0 Å². The highest BCUT2D eigenvalue weighted by atomic mass is 32.2. The Hall–Kier alpha value is 0.407. The number of hydrogen-bond acceptors (Lipinski definition) is 5. The van der Waals surface area contributed by atoms with Crippen molar-refractivity contribution in [2.45, 2.75) is 19.4 Å². The van der Waals surface area contributed by atoms with Gasteiger partial charge in [-0.3, -0.25) is 0 Å². The molecule has 14 heavy (non-hydrogen) atoms. The molecule has 0 atom stereocenters. The van der Waals surface area contributed by atoms with Crippen LogP contribution in [0.1, 0.15) is 13.3 Å². The molecule has 0 aliphatic heterocycles. The van der Waals surface area contributed by atoms with Gasteiger partial charge >= 0.3 is 8.80 Å². The quantitative estimate of drug-likeness (QED) is 0.350. The summed E-state index contributed by atoms with van der Waals surface area (Å²) in [4.78, 5) is 0. The Morgan fingerprint density at radius 2 is 1.64 bits per heavy atom. The van der Waals surface area contributed by atoms with Crippen molar-refractivity contribution >= 4 is 20.8 Å².